The first kappa shape index (κ1) is 19.8. The van der Waals surface area contributed by atoms with E-state index in [0.29, 0.717) is 27.1 Å². The Hall–Kier alpha value is -2.57. The average molecular weight is 394 g/mol. The quantitative estimate of drug-likeness (QED) is 0.806. The first-order chi connectivity index (χ1) is 12.3. The largest absolute Gasteiger partial charge is 0.326 e. The zero-order valence-corrected chi connectivity index (χ0v) is 15.7. The van der Waals surface area contributed by atoms with E-state index in [2.05, 4.69) is 10.6 Å². The molecule has 0 aliphatic rings. The van der Waals surface area contributed by atoms with Gasteiger partial charge in [-0.15, -0.1) is 0 Å². The highest BCUT2D eigenvalue weighted by molar-refractivity contribution is 6.42. The molecule has 2 aromatic carbocycles. The van der Waals surface area contributed by atoms with Crippen LogP contribution in [-0.2, 0) is 14.4 Å². The number of rotatable bonds is 5. The minimum Gasteiger partial charge on any atom is -0.326 e. The lowest BCUT2D eigenvalue weighted by molar-refractivity contribution is -0.120. The summed E-state index contributed by atoms with van der Waals surface area (Å²) in [7, 11) is 0. The normalized spacial score (nSPS) is 10.2. The van der Waals surface area contributed by atoms with Gasteiger partial charge in [-0.1, -0.05) is 23.2 Å². The summed E-state index contributed by atoms with van der Waals surface area (Å²) in [6.45, 7) is 2.59. The van der Waals surface area contributed by atoms with Crippen molar-refractivity contribution in [1.82, 2.24) is 0 Å². The third-order valence-corrected chi connectivity index (χ3v) is 4.12. The molecule has 6 nitrogen and oxygen atoms in total. The molecule has 0 aliphatic heterocycles. The molecule has 0 saturated carbocycles. The molecule has 3 amide bonds. The van der Waals surface area contributed by atoms with Crippen molar-refractivity contribution >= 4 is 58.0 Å². The Morgan fingerprint density at radius 3 is 1.96 bits per heavy atom. The summed E-state index contributed by atoms with van der Waals surface area (Å²) >= 11 is 11.9. The van der Waals surface area contributed by atoms with Crippen molar-refractivity contribution in [2.24, 2.45) is 0 Å². The number of nitrogens with zero attached hydrogens (tertiary/aromatic N) is 1. The average Bonchev–Trinajstić information content (AvgIpc) is 2.56. The van der Waals surface area contributed by atoms with E-state index in [1.54, 1.807) is 36.4 Å². The van der Waals surface area contributed by atoms with Gasteiger partial charge in [-0.05, 0) is 42.5 Å². The number of hydrogen-bond donors (Lipinski definition) is 2. The van der Waals surface area contributed by atoms with E-state index in [1.807, 2.05) is 0 Å². The van der Waals surface area contributed by atoms with E-state index in [1.165, 1.54) is 24.8 Å². The number of halogens is 2. The summed E-state index contributed by atoms with van der Waals surface area (Å²) in [6.07, 6.45) is 0. The molecule has 0 heterocycles. The molecule has 8 heteroatoms. The highest BCUT2D eigenvalue weighted by Crippen LogP contribution is 2.27. The minimum absolute atomic E-state index is 0.180. The standard InChI is InChI=1S/C18H17Cl2N3O3/c1-11(24)21-13-3-5-14(6-4-13)22-18(26)10-23(12(2)25)15-7-8-16(19)17(20)9-15/h3-9H,10H2,1-2H3,(H,21,24)(H,22,26). The van der Waals surface area contributed by atoms with Gasteiger partial charge in [0.2, 0.25) is 17.7 Å². The van der Waals surface area contributed by atoms with E-state index in [0.717, 1.165) is 0 Å². The molecule has 0 bridgehead atoms. The zero-order chi connectivity index (χ0) is 19.3. The molecule has 0 saturated heterocycles. The van der Waals surface area contributed by atoms with Gasteiger partial charge in [-0.2, -0.15) is 0 Å². The molecule has 2 aromatic rings. The fourth-order valence-electron chi connectivity index (χ4n) is 2.22. The molecule has 0 aromatic heterocycles. The molecule has 2 rings (SSSR count). The Morgan fingerprint density at radius 2 is 1.46 bits per heavy atom. The Morgan fingerprint density at radius 1 is 0.885 bits per heavy atom. The zero-order valence-electron chi connectivity index (χ0n) is 14.2. The second-order valence-electron chi connectivity index (χ2n) is 5.51. The van der Waals surface area contributed by atoms with Crippen LogP contribution in [0.1, 0.15) is 13.8 Å². The van der Waals surface area contributed by atoms with Crippen LogP contribution in [0.25, 0.3) is 0 Å². The van der Waals surface area contributed by atoms with Crippen LogP contribution in [0.3, 0.4) is 0 Å². The summed E-state index contributed by atoms with van der Waals surface area (Å²) in [5.74, 6) is -0.862. The molecular weight excluding hydrogens is 377 g/mol. The number of hydrogen-bond acceptors (Lipinski definition) is 3. The van der Waals surface area contributed by atoms with Crippen LogP contribution in [-0.4, -0.2) is 24.3 Å². The number of nitrogens with one attached hydrogen (secondary N) is 2. The van der Waals surface area contributed by atoms with Gasteiger partial charge >= 0.3 is 0 Å². The molecule has 136 valence electrons. The van der Waals surface area contributed by atoms with Gasteiger partial charge < -0.3 is 15.5 Å². The Labute approximate surface area is 161 Å². The van der Waals surface area contributed by atoms with E-state index in [4.69, 9.17) is 23.2 Å². The molecule has 0 radical (unpaired) electrons. The number of amides is 3. The lowest BCUT2D eigenvalue weighted by Crippen LogP contribution is -2.36. The Bertz CT molecular complexity index is 838. The van der Waals surface area contributed by atoms with E-state index in [9.17, 15) is 14.4 Å². The third kappa shape index (κ3) is 5.47. The molecule has 0 spiro atoms. The summed E-state index contributed by atoms with van der Waals surface area (Å²) in [4.78, 5) is 36.5. The highest BCUT2D eigenvalue weighted by Gasteiger charge is 2.17. The monoisotopic (exact) mass is 393 g/mol. The van der Waals surface area contributed by atoms with Crippen LogP contribution in [0.15, 0.2) is 42.5 Å². The van der Waals surface area contributed by atoms with Gasteiger partial charge in [-0.3, -0.25) is 14.4 Å². The number of anilines is 3. The van der Waals surface area contributed by atoms with Crippen molar-refractivity contribution in [3.63, 3.8) is 0 Å². The van der Waals surface area contributed by atoms with Gasteiger partial charge in [-0.25, -0.2) is 0 Å². The predicted octanol–water partition coefficient (Wildman–Crippen LogP) is 3.94. The first-order valence-electron chi connectivity index (χ1n) is 7.67. The van der Waals surface area contributed by atoms with E-state index in [-0.39, 0.29) is 24.3 Å². The fraction of sp³-hybridized carbons (Fsp3) is 0.167. The lowest BCUT2D eigenvalue weighted by Gasteiger charge is -2.21. The minimum atomic E-state index is -0.376. The molecule has 0 aliphatic carbocycles. The van der Waals surface area contributed by atoms with Crippen molar-refractivity contribution in [2.75, 3.05) is 22.1 Å². The van der Waals surface area contributed by atoms with Gasteiger partial charge in [0.1, 0.15) is 6.54 Å². The first-order valence-corrected chi connectivity index (χ1v) is 8.42. The molecule has 0 unspecified atom stereocenters. The maximum atomic E-state index is 12.3. The van der Waals surface area contributed by atoms with Crippen molar-refractivity contribution < 1.29 is 14.4 Å². The third-order valence-electron chi connectivity index (χ3n) is 3.39. The second kappa shape index (κ2) is 8.69. The summed E-state index contributed by atoms with van der Waals surface area (Å²) in [5.41, 5.74) is 1.64. The van der Waals surface area contributed by atoms with Crippen LogP contribution >= 0.6 is 23.2 Å². The molecule has 26 heavy (non-hydrogen) atoms. The van der Waals surface area contributed by atoms with Crippen molar-refractivity contribution in [1.29, 1.82) is 0 Å². The summed E-state index contributed by atoms with van der Waals surface area (Å²) in [6, 6.07) is 11.3. The highest BCUT2D eigenvalue weighted by atomic mass is 35.5. The Balaban J connectivity index is 2.06. The van der Waals surface area contributed by atoms with Crippen molar-refractivity contribution in [2.45, 2.75) is 13.8 Å². The van der Waals surface area contributed by atoms with Crippen molar-refractivity contribution in [3.8, 4) is 0 Å². The molecular formula is C18H17Cl2N3O3. The van der Waals surface area contributed by atoms with Gasteiger partial charge in [0.25, 0.3) is 0 Å². The fourth-order valence-corrected chi connectivity index (χ4v) is 2.51. The SMILES string of the molecule is CC(=O)Nc1ccc(NC(=O)CN(C(C)=O)c2ccc(Cl)c(Cl)c2)cc1. The second-order valence-corrected chi connectivity index (χ2v) is 6.32. The predicted molar refractivity (Wildman–Crippen MR) is 104 cm³/mol. The maximum Gasteiger partial charge on any atom is 0.244 e. The van der Waals surface area contributed by atoms with Crippen LogP contribution in [0, 0.1) is 0 Å². The van der Waals surface area contributed by atoms with Crippen LogP contribution in [0.5, 0.6) is 0 Å². The van der Waals surface area contributed by atoms with E-state index >= 15 is 0 Å². The molecule has 0 atom stereocenters. The van der Waals surface area contributed by atoms with Gasteiger partial charge in [0.15, 0.2) is 0 Å². The lowest BCUT2D eigenvalue weighted by atomic mass is 10.2. The molecule has 2 N–H and O–H groups in total. The number of carbonyl (C=O) groups is 3. The van der Waals surface area contributed by atoms with E-state index < -0.39 is 0 Å². The van der Waals surface area contributed by atoms with Gasteiger partial charge in [0.05, 0.1) is 10.0 Å². The van der Waals surface area contributed by atoms with Crippen LogP contribution in [0.2, 0.25) is 10.0 Å². The smallest absolute Gasteiger partial charge is 0.244 e. The number of carbonyl (C=O) groups excluding carboxylic acids is 3. The number of benzene rings is 2. The van der Waals surface area contributed by atoms with Crippen molar-refractivity contribution in [3.05, 3.63) is 52.5 Å². The summed E-state index contributed by atoms with van der Waals surface area (Å²) in [5, 5.41) is 5.99. The molecule has 0 fully saturated rings. The van der Waals surface area contributed by atoms with Crippen LogP contribution < -0.4 is 15.5 Å². The summed E-state index contributed by atoms with van der Waals surface area (Å²) < 4.78 is 0. The maximum absolute atomic E-state index is 12.3. The topological polar surface area (TPSA) is 78.5 Å². The Kier molecular flexibility index (Phi) is 6.60. The van der Waals surface area contributed by atoms with Gasteiger partial charge in [0, 0.05) is 30.9 Å². The van der Waals surface area contributed by atoms with Crippen LogP contribution in [0.4, 0.5) is 17.1 Å².